The fourth-order valence-corrected chi connectivity index (χ4v) is 2.24. The first-order valence-corrected chi connectivity index (χ1v) is 7.95. The molecule has 25 heavy (non-hydrogen) atoms. The van der Waals surface area contributed by atoms with Crippen LogP contribution in [0, 0.1) is 0 Å². The zero-order valence-electron chi connectivity index (χ0n) is 13.6. The van der Waals surface area contributed by atoms with Crippen LogP contribution in [0.15, 0.2) is 85.2 Å². The first kappa shape index (κ1) is 16.5. The molecule has 1 heterocycles. The molecule has 0 fully saturated rings. The summed E-state index contributed by atoms with van der Waals surface area (Å²) in [7, 11) is 0. The van der Waals surface area contributed by atoms with Crippen LogP contribution in [0.5, 0.6) is 5.75 Å². The number of pyridine rings is 1. The molecule has 1 N–H and O–H groups in total. The summed E-state index contributed by atoms with van der Waals surface area (Å²) in [4.78, 5) is 15.9. The van der Waals surface area contributed by atoms with E-state index < -0.39 is 0 Å². The van der Waals surface area contributed by atoms with Crippen LogP contribution in [0.25, 0.3) is 6.08 Å². The van der Waals surface area contributed by atoms with Gasteiger partial charge in [-0.05, 0) is 41.5 Å². The van der Waals surface area contributed by atoms with Gasteiger partial charge in [-0.2, -0.15) is 0 Å². The standard InChI is InChI=1S/C21H18N2O2/c24-21(23-19-9-5-13-22-15-19)12-11-17-8-4-10-20(14-17)25-16-18-6-2-1-3-7-18/h1-15H,16H2,(H,23,24)/b12-11+. The molecule has 2 aromatic carbocycles. The van der Waals surface area contributed by atoms with E-state index in [4.69, 9.17) is 4.74 Å². The van der Waals surface area contributed by atoms with Gasteiger partial charge in [0.1, 0.15) is 12.4 Å². The molecule has 0 aliphatic rings. The summed E-state index contributed by atoms with van der Waals surface area (Å²) in [6.07, 6.45) is 6.50. The highest BCUT2D eigenvalue weighted by Crippen LogP contribution is 2.16. The molecule has 1 amide bonds. The zero-order chi connectivity index (χ0) is 17.3. The van der Waals surface area contributed by atoms with Gasteiger partial charge in [-0.1, -0.05) is 42.5 Å². The van der Waals surface area contributed by atoms with Crippen molar-refractivity contribution in [2.75, 3.05) is 5.32 Å². The molecule has 0 saturated carbocycles. The predicted molar refractivity (Wildman–Crippen MR) is 99.1 cm³/mol. The molecule has 0 unspecified atom stereocenters. The minimum Gasteiger partial charge on any atom is -0.489 e. The largest absolute Gasteiger partial charge is 0.489 e. The van der Waals surface area contributed by atoms with E-state index in [1.807, 2.05) is 54.6 Å². The second-order valence-corrected chi connectivity index (χ2v) is 5.41. The van der Waals surface area contributed by atoms with Crippen LogP contribution in [0.2, 0.25) is 0 Å². The van der Waals surface area contributed by atoms with E-state index in [-0.39, 0.29) is 5.91 Å². The van der Waals surface area contributed by atoms with Crippen molar-refractivity contribution in [1.82, 2.24) is 4.98 Å². The number of carbonyl (C=O) groups excluding carboxylic acids is 1. The quantitative estimate of drug-likeness (QED) is 0.685. The molecular weight excluding hydrogens is 312 g/mol. The van der Waals surface area contributed by atoms with Gasteiger partial charge in [0.05, 0.1) is 11.9 Å². The number of benzene rings is 2. The van der Waals surface area contributed by atoms with Crippen molar-refractivity contribution >= 4 is 17.7 Å². The fourth-order valence-electron chi connectivity index (χ4n) is 2.24. The van der Waals surface area contributed by atoms with E-state index in [1.54, 1.807) is 30.6 Å². The SMILES string of the molecule is O=C(/C=C/c1cccc(OCc2ccccc2)c1)Nc1cccnc1. The Hall–Kier alpha value is -3.40. The summed E-state index contributed by atoms with van der Waals surface area (Å²) < 4.78 is 5.79. The Bertz CT molecular complexity index is 846. The van der Waals surface area contributed by atoms with Gasteiger partial charge in [0.2, 0.25) is 5.91 Å². The lowest BCUT2D eigenvalue weighted by Gasteiger charge is -2.07. The average molecular weight is 330 g/mol. The molecule has 3 aromatic rings. The van der Waals surface area contributed by atoms with Crippen LogP contribution in [0.3, 0.4) is 0 Å². The molecule has 3 rings (SSSR count). The van der Waals surface area contributed by atoms with Gasteiger partial charge in [-0.25, -0.2) is 0 Å². The second-order valence-electron chi connectivity index (χ2n) is 5.41. The summed E-state index contributed by atoms with van der Waals surface area (Å²) in [5.41, 5.74) is 2.67. The Kier molecular flexibility index (Phi) is 5.56. The number of nitrogens with zero attached hydrogens (tertiary/aromatic N) is 1. The maximum Gasteiger partial charge on any atom is 0.248 e. The first-order chi connectivity index (χ1) is 12.3. The van der Waals surface area contributed by atoms with Crippen molar-refractivity contribution in [2.45, 2.75) is 6.61 Å². The van der Waals surface area contributed by atoms with Crippen LogP contribution >= 0.6 is 0 Å². The molecule has 0 bridgehead atoms. The lowest BCUT2D eigenvalue weighted by Crippen LogP contribution is -2.07. The molecular formula is C21H18N2O2. The van der Waals surface area contributed by atoms with Gasteiger partial charge in [-0.15, -0.1) is 0 Å². The lowest BCUT2D eigenvalue weighted by molar-refractivity contribution is -0.111. The molecule has 124 valence electrons. The maximum atomic E-state index is 11.9. The normalized spacial score (nSPS) is 10.6. The predicted octanol–water partition coefficient (Wildman–Crippen LogP) is 4.31. The Morgan fingerprint density at radius 1 is 1.04 bits per heavy atom. The van der Waals surface area contributed by atoms with E-state index in [1.165, 1.54) is 6.08 Å². The van der Waals surface area contributed by atoms with Gasteiger partial charge >= 0.3 is 0 Å². The van der Waals surface area contributed by atoms with Gasteiger partial charge in [0.25, 0.3) is 0 Å². The van der Waals surface area contributed by atoms with Crippen molar-refractivity contribution in [3.05, 3.63) is 96.3 Å². The molecule has 1 aromatic heterocycles. The minimum atomic E-state index is -0.205. The molecule has 4 heteroatoms. The minimum absolute atomic E-state index is 0.205. The van der Waals surface area contributed by atoms with Crippen molar-refractivity contribution in [3.63, 3.8) is 0 Å². The maximum absolute atomic E-state index is 11.9. The Labute approximate surface area is 146 Å². The molecule has 0 aliphatic carbocycles. The number of aromatic nitrogens is 1. The van der Waals surface area contributed by atoms with Crippen LogP contribution in [0.1, 0.15) is 11.1 Å². The fraction of sp³-hybridized carbons (Fsp3) is 0.0476. The first-order valence-electron chi connectivity index (χ1n) is 7.95. The summed E-state index contributed by atoms with van der Waals surface area (Å²) >= 11 is 0. The highest BCUT2D eigenvalue weighted by atomic mass is 16.5. The van der Waals surface area contributed by atoms with E-state index in [0.29, 0.717) is 12.3 Å². The van der Waals surface area contributed by atoms with Gasteiger partial charge in [-0.3, -0.25) is 9.78 Å². The summed E-state index contributed by atoms with van der Waals surface area (Å²) in [6.45, 7) is 0.509. The lowest BCUT2D eigenvalue weighted by atomic mass is 10.2. The number of ether oxygens (including phenoxy) is 1. The van der Waals surface area contributed by atoms with Gasteiger partial charge < -0.3 is 10.1 Å². The number of hydrogen-bond donors (Lipinski definition) is 1. The number of rotatable bonds is 6. The van der Waals surface area contributed by atoms with Gasteiger partial charge in [0.15, 0.2) is 0 Å². The molecule has 0 radical (unpaired) electrons. The van der Waals surface area contributed by atoms with E-state index >= 15 is 0 Å². The molecule has 4 nitrogen and oxygen atoms in total. The number of hydrogen-bond acceptors (Lipinski definition) is 3. The second kappa shape index (κ2) is 8.45. The third kappa shape index (κ3) is 5.32. The average Bonchev–Trinajstić information content (AvgIpc) is 2.67. The number of amides is 1. The number of nitrogens with one attached hydrogen (secondary N) is 1. The Morgan fingerprint density at radius 3 is 2.72 bits per heavy atom. The molecule has 0 aliphatic heterocycles. The highest BCUT2D eigenvalue weighted by Gasteiger charge is 1.99. The summed E-state index contributed by atoms with van der Waals surface area (Å²) in [5, 5.41) is 2.75. The zero-order valence-corrected chi connectivity index (χ0v) is 13.6. The Balaban J connectivity index is 1.58. The van der Waals surface area contributed by atoms with Crippen molar-refractivity contribution in [2.24, 2.45) is 0 Å². The monoisotopic (exact) mass is 330 g/mol. The third-order valence-corrected chi connectivity index (χ3v) is 3.46. The molecule has 0 spiro atoms. The van der Waals surface area contributed by atoms with Crippen LogP contribution < -0.4 is 10.1 Å². The van der Waals surface area contributed by atoms with Crippen LogP contribution in [0.4, 0.5) is 5.69 Å². The molecule has 0 saturated heterocycles. The van der Waals surface area contributed by atoms with Crippen molar-refractivity contribution in [3.8, 4) is 5.75 Å². The van der Waals surface area contributed by atoms with Crippen molar-refractivity contribution in [1.29, 1.82) is 0 Å². The molecule has 0 atom stereocenters. The van der Waals surface area contributed by atoms with E-state index in [0.717, 1.165) is 16.9 Å². The summed E-state index contributed by atoms with van der Waals surface area (Å²) in [5.74, 6) is 0.558. The Morgan fingerprint density at radius 2 is 1.92 bits per heavy atom. The number of carbonyl (C=O) groups is 1. The smallest absolute Gasteiger partial charge is 0.248 e. The topological polar surface area (TPSA) is 51.2 Å². The van der Waals surface area contributed by atoms with Crippen LogP contribution in [-0.4, -0.2) is 10.9 Å². The summed E-state index contributed by atoms with van der Waals surface area (Å²) in [6, 6.07) is 21.2. The highest BCUT2D eigenvalue weighted by molar-refractivity contribution is 6.01. The van der Waals surface area contributed by atoms with Gasteiger partial charge in [0, 0.05) is 12.3 Å². The number of anilines is 1. The van der Waals surface area contributed by atoms with Crippen LogP contribution in [-0.2, 0) is 11.4 Å². The third-order valence-electron chi connectivity index (χ3n) is 3.46. The van der Waals surface area contributed by atoms with Crippen molar-refractivity contribution < 1.29 is 9.53 Å². The van der Waals surface area contributed by atoms with E-state index in [9.17, 15) is 4.79 Å². The van der Waals surface area contributed by atoms with E-state index in [2.05, 4.69) is 10.3 Å².